The van der Waals surface area contributed by atoms with Crippen LogP contribution in [0.3, 0.4) is 0 Å². The van der Waals surface area contributed by atoms with Gasteiger partial charge in [0.05, 0.1) is 10.2 Å². The molecule has 0 aliphatic carbocycles. The van der Waals surface area contributed by atoms with E-state index in [2.05, 4.69) is 46.4 Å². The van der Waals surface area contributed by atoms with Crippen molar-refractivity contribution in [1.29, 1.82) is 0 Å². The quantitative estimate of drug-likeness (QED) is 0.892. The number of rotatable bonds is 3. The van der Waals surface area contributed by atoms with E-state index in [0.29, 0.717) is 5.41 Å². The number of piperidine rings is 1. The van der Waals surface area contributed by atoms with Crippen LogP contribution in [0.4, 0.5) is 0 Å². The van der Waals surface area contributed by atoms with Gasteiger partial charge in [0.1, 0.15) is 5.01 Å². The topological polar surface area (TPSA) is 24.9 Å². The van der Waals surface area contributed by atoms with E-state index in [1.165, 1.54) is 35.4 Å². The van der Waals surface area contributed by atoms with Crippen LogP contribution in [0.5, 0.6) is 0 Å². The van der Waals surface area contributed by atoms with Crippen molar-refractivity contribution >= 4 is 37.5 Å². The van der Waals surface area contributed by atoms with E-state index in [-0.39, 0.29) is 0 Å². The third-order valence-electron chi connectivity index (χ3n) is 4.09. The average Bonchev–Trinajstić information content (AvgIpc) is 2.83. The molecule has 1 aromatic carbocycles. The van der Waals surface area contributed by atoms with Gasteiger partial charge in [0, 0.05) is 9.89 Å². The van der Waals surface area contributed by atoms with E-state index in [1.807, 2.05) is 11.3 Å². The molecule has 1 aliphatic rings. The highest BCUT2D eigenvalue weighted by Gasteiger charge is 2.35. The third kappa shape index (κ3) is 2.58. The summed E-state index contributed by atoms with van der Waals surface area (Å²) in [5, 5.41) is 4.83. The molecule has 0 atom stereocenters. The maximum Gasteiger partial charge on any atom is 0.100 e. The molecule has 19 heavy (non-hydrogen) atoms. The van der Waals surface area contributed by atoms with Crippen molar-refractivity contribution in [1.82, 2.24) is 10.3 Å². The zero-order valence-electron chi connectivity index (χ0n) is 11.2. The molecule has 1 saturated heterocycles. The average molecular weight is 339 g/mol. The lowest BCUT2D eigenvalue weighted by Crippen LogP contribution is -2.39. The van der Waals surface area contributed by atoms with Crippen molar-refractivity contribution in [2.24, 2.45) is 0 Å². The molecule has 4 heteroatoms. The number of thiazole rings is 1. The van der Waals surface area contributed by atoms with Crippen LogP contribution >= 0.6 is 27.3 Å². The lowest BCUT2D eigenvalue weighted by atomic mass is 9.76. The number of benzene rings is 1. The Morgan fingerprint density at radius 1 is 1.37 bits per heavy atom. The number of aromatic nitrogens is 1. The standard InChI is InChI=1S/C15H19BrN2S/c1-2-5-15(6-8-17-9-7-15)14-18-12-10-11(16)3-4-13(12)19-14/h3-4,10,17H,2,5-9H2,1H3. The Balaban J connectivity index is 2.04. The highest BCUT2D eigenvalue weighted by molar-refractivity contribution is 9.10. The molecule has 0 unspecified atom stereocenters. The SMILES string of the molecule is CCCC1(c2nc3cc(Br)ccc3s2)CCNCC1. The van der Waals surface area contributed by atoms with Crippen LogP contribution in [-0.4, -0.2) is 18.1 Å². The predicted octanol–water partition coefficient (Wildman–Crippen LogP) is 4.48. The number of fused-ring (bicyclic) bond motifs is 1. The molecule has 3 rings (SSSR count). The van der Waals surface area contributed by atoms with Gasteiger partial charge in [0.25, 0.3) is 0 Å². The van der Waals surface area contributed by atoms with Gasteiger partial charge in [-0.15, -0.1) is 11.3 Å². The fourth-order valence-corrected chi connectivity index (χ4v) is 4.65. The maximum atomic E-state index is 4.95. The summed E-state index contributed by atoms with van der Waals surface area (Å²) in [4.78, 5) is 4.95. The Kier molecular flexibility index (Phi) is 3.92. The second kappa shape index (κ2) is 5.51. The lowest BCUT2D eigenvalue weighted by Gasteiger charge is -2.35. The molecule has 0 spiro atoms. The molecule has 1 N–H and O–H groups in total. The van der Waals surface area contributed by atoms with E-state index in [1.54, 1.807) is 0 Å². The van der Waals surface area contributed by atoms with Gasteiger partial charge in [-0.3, -0.25) is 0 Å². The summed E-state index contributed by atoms with van der Waals surface area (Å²) in [6.07, 6.45) is 4.94. The molecule has 1 aromatic heterocycles. The van der Waals surface area contributed by atoms with Crippen molar-refractivity contribution in [3.63, 3.8) is 0 Å². The number of hydrogen-bond donors (Lipinski definition) is 1. The number of nitrogens with zero attached hydrogens (tertiary/aromatic N) is 1. The highest BCUT2D eigenvalue weighted by atomic mass is 79.9. The van der Waals surface area contributed by atoms with Crippen molar-refractivity contribution in [2.75, 3.05) is 13.1 Å². The van der Waals surface area contributed by atoms with Crippen molar-refractivity contribution < 1.29 is 0 Å². The monoisotopic (exact) mass is 338 g/mol. The minimum Gasteiger partial charge on any atom is -0.317 e. The van der Waals surface area contributed by atoms with Gasteiger partial charge in [-0.2, -0.15) is 0 Å². The first-order valence-electron chi connectivity index (χ1n) is 7.01. The Hall–Kier alpha value is -0.450. The molecule has 2 heterocycles. The van der Waals surface area contributed by atoms with E-state index < -0.39 is 0 Å². The fraction of sp³-hybridized carbons (Fsp3) is 0.533. The van der Waals surface area contributed by atoms with Gasteiger partial charge in [-0.25, -0.2) is 4.98 Å². The highest BCUT2D eigenvalue weighted by Crippen LogP contribution is 2.41. The van der Waals surface area contributed by atoms with Crippen LogP contribution in [0.1, 0.15) is 37.6 Å². The van der Waals surface area contributed by atoms with Crippen LogP contribution in [0.2, 0.25) is 0 Å². The predicted molar refractivity (Wildman–Crippen MR) is 86.0 cm³/mol. The second-order valence-electron chi connectivity index (χ2n) is 5.41. The Morgan fingerprint density at radius 2 is 2.16 bits per heavy atom. The summed E-state index contributed by atoms with van der Waals surface area (Å²) in [6, 6.07) is 6.43. The van der Waals surface area contributed by atoms with E-state index >= 15 is 0 Å². The molecule has 0 saturated carbocycles. The third-order valence-corrected chi connectivity index (χ3v) is 5.87. The summed E-state index contributed by atoms with van der Waals surface area (Å²) in [5.74, 6) is 0. The van der Waals surface area contributed by atoms with E-state index in [0.717, 1.165) is 23.1 Å². The first kappa shape index (κ1) is 13.5. The van der Waals surface area contributed by atoms with Crippen molar-refractivity contribution in [3.8, 4) is 0 Å². The summed E-state index contributed by atoms with van der Waals surface area (Å²) in [5.41, 5.74) is 1.46. The summed E-state index contributed by atoms with van der Waals surface area (Å²) >= 11 is 5.43. The largest absolute Gasteiger partial charge is 0.317 e. The molecule has 2 aromatic rings. The number of hydrogen-bond acceptors (Lipinski definition) is 3. The number of halogens is 1. The minimum atomic E-state index is 0.316. The molecule has 0 radical (unpaired) electrons. The molecule has 1 fully saturated rings. The Morgan fingerprint density at radius 3 is 2.89 bits per heavy atom. The molecule has 2 nitrogen and oxygen atoms in total. The van der Waals surface area contributed by atoms with Crippen LogP contribution in [0.25, 0.3) is 10.2 Å². The van der Waals surface area contributed by atoms with Crippen molar-refractivity contribution in [3.05, 3.63) is 27.7 Å². The molecule has 0 bridgehead atoms. The second-order valence-corrected chi connectivity index (χ2v) is 7.36. The van der Waals surface area contributed by atoms with Gasteiger partial charge in [-0.05, 0) is 50.6 Å². The number of nitrogens with one attached hydrogen (secondary N) is 1. The van der Waals surface area contributed by atoms with Crippen LogP contribution in [-0.2, 0) is 5.41 Å². The first-order chi connectivity index (χ1) is 9.23. The summed E-state index contributed by atoms with van der Waals surface area (Å²) in [7, 11) is 0. The van der Waals surface area contributed by atoms with Crippen molar-refractivity contribution in [2.45, 2.75) is 38.0 Å². The van der Waals surface area contributed by atoms with Gasteiger partial charge >= 0.3 is 0 Å². The van der Waals surface area contributed by atoms with E-state index in [4.69, 9.17) is 4.98 Å². The zero-order chi connectivity index (χ0) is 13.3. The summed E-state index contributed by atoms with van der Waals surface area (Å²) in [6.45, 7) is 4.53. The lowest BCUT2D eigenvalue weighted by molar-refractivity contribution is 0.285. The first-order valence-corrected chi connectivity index (χ1v) is 8.62. The van der Waals surface area contributed by atoms with Crippen LogP contribution < -0.4 is 5.32 Å². The van der Waals surface area contributed by atoms with Crippen LogP contribution in [0.15, 0.2) is 22.7 Å². The Labute approximate surface area is 126 Å². The van der Waals surface area contributed by atoms with Gasteiger partial charge in [0.15, 0.2) is 0 Å². The maximum absolute atomic E-state index is 4.95. The summed E-state index contributed by atoms with van der Waals surface area (Å²) < 4.78 is 2.43. The molecular formula is C15H19BrN2S. The molecule has 1 aliphatic heterocycles. The van der Waals surface area contributed by atoms with Gasteiger partial charge < -0.3 is 5.32 Å². The smallest absolute Gasteiger partial charge is 0.100 e. The fourth-order valence-electron chi connectivity index (χ4n) is 3.08. The molecular weight excluding hydrogens is 320 g/mol. The minimum absolute atomic E-state index is 0.316. The molecule has 102 valence electrons. The molecule has 0 amide bonds. The normalized spacial score (nSPS) is 18.8. The van der Waals surface area contributed by atoms with Gasteiger partial charge in [-0.1, -0.05) is 29.3 Å². The van der Waals surface area contributed by atoms with Crippen LogP contribution in [0, 0.1) is 0 Å². The van der Waals surface area contributed by atoms with Gasteiger partial charge in [0.2, 0.25) is 0 Å². The zero-order valence-corrected chi connectivity index (χ0v) is 13.6. The van der Waals surface area contributed by atoms with E-state index in [9.17, 15) is 0 Å². The Bertz CT molecular complexity index is 567.